The van der Waals surface area contributed by atoms with Crippen LogP contribution in [0.3, 0.4) is 0 Å². The van der Waals surface area contributed by atoms with Crippen LogP contribution in [0.5, 0.6) is 0 Å². The van der Waals surface area contributed by atoms with Crippen LogP contribution in [0.1, 0.15) is 21.4 Å². The Balaban J connectivity index is 2.21. The molecule has 1 unspecified atom stereocenters. The molecule has 0 spiro atoms. The monoisotopic (exact) mass is 210 g/mol. The van der Waals surface area contributed by atoms with Crippen molar-refractivity contribution in [3.63, 3.8) is 0 Å². The Kier molecular flexibility index (Phi) is 2.86. The van der Waals surface area contributed by atoms with Crippen molar-refractivity contribution in [1.82, 2.24) is 0 Å². The first-order valence-electron chi connectivity index (χ1n) is 4.35. The molecule has 0 bridgehead atoms. The highest BCUT2D eigenvalue weighted by Gasteiger charge is 2.30. The maximum atomic E-state index is 11.5. The van der Waals surface area contributed by atoms with Crippen LogP contribution in [0, 0.1) is 0 Å². The molecule has 2 rings (SSSR count). The van der Waals surface area contributed by atoms with Crippen molar-refractivity contribution in [2.75, 3.05) is 13.2 Å². The lowest BCUT2D eigenvalue weighted by Crippen LogP contribution is -2.02. The molecule has 4 heteroatoms. The highest BCUT2D eigenvalue weighted by molar-refractivity contribution is 8.14. The van der Waals surface area contributed by atoms with Gasteiger partial charge in [0.25, 0.3) is 0 Å². The number of carbonyl (C=O) groups excluding carboxylic acids is 1. The summed E-state index contributed by atoms with van der Waals surface area (Å²) in [5, 5.41) is 8.67. The quantitative estimate of drug-likeness (QED) is 0.822. The topological polar surface area (TPSA) is 46.5 Å². The molecule has 74 valence electrons. The summed E-state index contributed by atoms with van der Waals surface area (Å²) in [4.78, 5) is 11.5. The van der Waals surface area contributed by atoms with Crippen molar-refractivity contribution >= 4 is 16.9 Å². The highest BCUT2D eigenvalue weighted by atomic mass is 32.2. The van der Waals surface area contributed by atoms with E-state index in [4.69, 9.17) is 9.84 Å². The molecule has 3 nitrogen and oxygen atoms in total. The average molecular weight is 210 g/mol. The first-order chi connectivity index (χ1) is 6.83. The largest absolute Gasteiger partial charge is 0.394 e. The number of ether oxygens (including phenoxy) is 1. The van der Waals surface area contributed by atoms with Crippen LogP contribution >= 0.6 is 11.8 Å². The second kappa shape index (κ2) is 4.13. The number of fused-ring (bicyclic) bond motifs is 1. The van der Waals surface area contributed by atoms with Gasteiger partial charge in [0.05, 0.1) is 13.2 Å². The van der Waals surface area contributed by atoms with Crippen LogP contribution in [0.4, 0.5) is 0 Å². The van der Waals surface area contributed by atoms with E-state index in [0.29, 0.717) is 0 Å². The normalized spacial score (nSPS) is 19.8. The third-order valence-corrected chi connectivity index (χ3v) is 3.05. The molecule has 0 fully saturated rings. The minimum Gasteiger partial charge on any atom is -0.394 e. The van der Waals surface area contributed by atoms with Gasteiger partial charge in [0, 0.05) is 11.1 Å². The van der Waals surface area contributed by atoms with E-state index < -0.39 is 0 Å². The molecular weight excluding hydrogens is 200 g/mol. The van der Waals surface area contributed by atoms with E-state index in [0.717, 1.165) is 22.9 Å². The summed E-state index contributed by atoms with van der Waals surface area (Å²) in [5.74, 6) is 0. The smallest absolute Gasteiger partial charge is 0.222 e. The van der Waals surface area contributed by atoms with E-state index in [1.807, 2.05) is 18.2 Å². The first-order valence-corrected chi connectivity index (χ1v) is 5.23. The van der Waals surface area contributed by atoms with Crippen LogP contribution < -0.4 is 0 Å². The van der Waals surface area contributed by atoms with Crippen LogP contribution in [-0.4, -0.2) is 23.4 Å². The Labute approximate surface area is 86.1 Å². The van der Waals surface area contributed by atoms with Gasteiger partial charge in [-0.1, -0.05) is 24.3 Å². The van der Waals surface area contributed by atoms with Crippen molar-refractivity contribution in [2.24, 2.45) is 0 Å². The predicted octanol–water partition coefficient (Wildman–Crippen LogP) is 1.58. The number of thioether (sulfide) groups is 1. The molecule has 1 atom stereocenters. The van der Waals surface area contributed by atoms with Crippen LogP contribution in [0.15, 0.2) is 24.3 Å². The molecule has 1 aromatic carbocycles. The van der Waals surface area contributed by atoms with Gasteiger partial charge in [0.15, 0.2) is 0 Å². The molecule has 0 amide bonds. The van der Waals surface area contributed by atoms with E-state index in [9.17, 15) is 4.79 Å². The predicted molar refractivity (Wildman–Crippen MR) is 54.1 cm³/mol. The maximum absolute atomic E-state index is 11.5. The minimum absolute atomic E-state index is 0.0204. The molecule has 0 aromatic heterocycles. The molecule has 14 heavy (non-hydrogen) atoms. The summed E-state index contributed by atoms with van der Waals surface area (Å²) >= 11 is 1.16. The molecule has 1 aliphatic rings. The molecule has 0 radical (unpaired) electrons. The van der Waals surface area contributed by atoms with Crippen LogP contribution in [-0.2, 0) is 4.74 Å². The summed E-state index contributed by atoms with van der Waals surface area (Å²) in [7, 11) is 0. The van der Waals surface area contributed by atoms with E-state index in [1.165, 1.54) is 0 Å². The third kappa shape index (κ3) is 1.68. The zero-order chi connectivity index (χ0) is 9.97. The average Bonchev–Trinajstić information content (AvgIpc) is 2.54. The fourth-order valence-corrected chi connectivity index (χ4v) is 2.40. The first kappa shape index (κ1) is 9.71. The maximum Gasteiger partial charge on any atom is 0.222 e. The Bertz CT molecular complexity index is 351. The number of carbonyl (C=O) groups is 1. The van der Waals surface area contributed by atoms with Gasteiger partial charge in [-0.2, -0.15) is 0 Å². The van der Waals surface area contributed by atoms with Gasteiger partial charge in [-0.3, -0.25) is 4.79 Å². The molecule has 0 aliphatic carbocycles. The van der Waals surface area contributed by atoms with E-state index >= 15 is 0 Å². The van der Waals surface area contributed by atoms with Crippen molar-refractivity contribution in [3.8, 4) is 0 Å². The van der Waals surface area contributed by atoms with E-state index in [2.05, 4.69) is 0 Å². The van der Waals surface area contributed by atoms with Crippen molar-refractivity contribution in [2.45, 2.75) is 5.44 Å². The number of hydrogen-bond donors (Lipinski definition) is 1. The van der Waals surface area contributed by atoms with Gasteiger partial charge in [-0.25, -0.2) is 0 Å². The van der Waals surface area contributed by atoms with Crippen molar-refractivity contribution in [1.29, 1.82) is 0 Å². The van der Waals surface area contributed by atoms with Crippen LogP contribution in [0.25, 0.3) is 0 Å². The zero-order valence-corrected chi connectivity index (χ0v) is 8.29. The zero-order valence-electron chi connectivity index (χ0n) is 7.47. The molecule has 0 saturated carbocycles. The summed E-state index contributed by atoms with van der Waals surface area (Å²) in [6, 6.07) is 7.40. The Morgan fingerprint density at radius 2 is 2.21 bits per heavy atom. The van der Waals surface area contributed by atoms with E-state index in [1.54, 1.807) is 6.07 Å². The number of aliphatic hydroxyl groups is 1. The van der Waals surface area contributed by atoms with Crippen molar-refractivity contribution in [3.05, 3.63) is 35.4 Å². The molecule has 1 aliphatic heterocycles. The standard InChI is InChI=1S/C10H10O3S/c11-5-6-13-10-8-4-2-1-3-7(8)9(12)14-10/h1-4,10-11H,5-6H2. The Morgan fingerprint density at radius 3 is 3.00 bits per heavy atom. The van der Waals surface area contributed by atoms with Gasteiger partial charge in [0.2, 0.25) is 5.12 Å². The van der Waals surface area contributed by atoms with Crippen LogP contribution in [0.2, 0.25) is 0 Å². The molecule has 0 saturated heterocycles. The molecular formula is C10H10O3S. The lowest BCUT2D eigenvalue weighted by atomic mass is 10.1. The Morgan fingerprint density at radius 1 is 1.43 bits per heavy atom. The summed E-state index contributed by atoms with van der Waals surface area (Å²) in [6.07, 6.45) is 0. The minimum atomic E-state index is -0.245. The number of hydrogen-bond acceptors (Lipinski definition) is 4. The van der Waals surface area contributed by atoms with E-state index in [-0.39, 0.29) is 23.8 Å². The van der Waals surface area contributed by atoms with Gasteiger partial charge in [-0.15, -0.1) is 0 Å². The fourth-order valence-electron chi connectivity index (χ4n) is 1.40. The lowest BCUT2D eigenvalue weighted by molar-refractivity contribution is 0.0767. The SMILES string of the molecule is O=C1SC(OCCO)c2ccccc21. The van der Waals surface area contributed by atoms with Gasteiger partial charge >= 0.3 is 0 Å². The van der Waals surface area contributed by atoms with Gasteiger partial charge in [0.1, 0.15) is 5.44 Å². The number of rotatable bonds is 3. The van der Waals surface area contributed by atoms with Crippen molar-refractivity contribution < 1.29 is 14.6 Å². The summed E-state index contributed by atoms with van der Waals surface area (Å²) in [5.41, 5.74) is 1.39. The number of benzene rings is 1. The third-order valence-electron chi connectivity index (χ3n) is 2.01. The van der Waals surface area contributed by atoms with Gasteiger partial charge in [-0.05, 0) is 11.8 Å². The molecule has 1 N–H and O–H groups in total. The second-order valence-corrected chi connectivity index (χ2v) is 3.95. The summed E-state index contributed by atoms with van der Waals surface area (Å²) < 4.78 is 5.34. The Hall–Kier alpha value is -0.840. The number of aliphatic hydroxyl groups excluding tert-OH is 1. The highest BCUT2D eigenvalue weighted by Crippen LogP contribution is 2.41. The second-order valence-electron chi connectivity index (χ2n) is 2.92. The molecule has 1 heterocycles. The molecule has 1 aromatic rings. The summed E-state index contributed by atoms with van der Waals surface area (Å²) in [6.45, 7) is 0.243. The lowest BCUT2D eigenvalue weighted by Gasteiger charge is -2.09. The van der Waals surface area contributed by atoms with Gasteiger partial charge < -0.3 is 9.84 Å². The fraction of sp³-hybridized carbons (Fsp3) is 0.300.